The van der Waals surface area contributed by atoms with E-state index in [2.05, 4.69) is 15.6 Å². The Morgan fingerprint density at radius 1 is 1.32 bits per heavy atom. The number of benzene rings is 1. The standard InChI is InChI=1S/C15H18N4O3/c1-11(7-8-14(20)21)16-15(22)13-10-19(18-17-13)9-12-5-3-2-4-6-12/h2-6,10-11H,7-9H2,1H3,(H,16,22)(H,20,21). The van der Waals surface area contributed by atoms with E-state index in [-0.39, 0.29) is 24.1 Å². The predicted octanol–water partition coefficient (Wildman–Crippen LogP) is 1.31. The minimum Gasteiger partial charge on any atom is -0.481 e. The maximum atomic E-state index is 12.0. The predicted molar refractivity (Wildman–Crippen MR) is 79.4 cm³/mol. The number of hydrogen-bond donors (Lipinski definition) is 2. The van der Waals surface area contributed by atoms with E-state index in [1.807, 2.05) is 30.3 Å². The summed E-state index contributed by atoms with van der Waals surface area (Å²) in [7, 11) is 0. The van der Waals surface area contributed by atoms with Gasteiger partial charge in [-0.3, -0.25) is 9.59 Å². The zero-order valence-corrected chi connectivity index (χ0v) is 12.3. The van der Waals surface area contributed by atoms with Gasteiger partial charge in [-0.2, -0.15) is 0 Å². The monoisotopic (exact) mass is 302 g/mol. The largest absolute Gasteiger partial charge is 0.481 e. The van der Waals surface area contributed by atoms with Crippen LogP contribution in [0.25, 0.3) is 0 Å². The molecule has 0 bridgehead atoms. The Balaban J connectivity index is 1.90. The molecule has 1 atom stereocenters. The van der Waals surface area contributed by atoms with Gasteiger partial charge in [-0.25, -0.2) is 4.68 Å². The molecule has 0 fully saturated rings. The van der Waals surface area contributed by atoms with Crippen molar-refractivity contribution in [3.05, 3.63) is 47.8 Å². The molecule has 2 rings (SSSR count). The van der Waals surface area contributed by atoms with Gasteiger partial charge in [0.05, 0.1) is 12.7 Å². The van der Waals surface area contributed by atoms with Gasteiger partial charge in [-0.15, -0.1) is 5.10 Å². The Bertz CT molecular complexity index is 639. The fourth-order valence-electron chi connectivity index (χ4n) is 1.96. The van der Waals surface area contributed by atoms with E-state index >= 15 is 0 Å². The highest BCUT2D eigenvalue weighted by molar-refractivity contribution is 5.92. The van der Waals surface area contributed by atoms with Crippen molar-refractivity contribution in [2.24, 2.45) is 0 Å². The quantitative estimate of drug-likeness (QED) is 0.803. The molecule has 1 aromatic carbocycles. The van der Waals surface area contributed by atoms with Gasteiger partial charge in [0, 0.05) is 12.5 Å². The second kappa shape index (κ2) is 7.35. The molecule has 1 amide bonds. The Morgan fingerprint density at radius 2 is 2.05 bits per heavy atom. The van der Waals surface area contributed by atoms with Crippen LogP contribution in [0.4, 0.5) is 0 Å². The summed E-state index contributed by atoms with van der Waals surface area (Å²) in [5.74, 6) is -1.23. The van der Waals surface area contributed by atoms with E-state index in [4.69, 9.17) is 5.11 Å². The van der Waals surface area contributed by atoms with Crippen LogP contribution in [-0.2, 0) is 11.3 Å². The minimum absolute atomic E-state index is 0.0160. The van der Waals surface area contributed by atoms with E-state index in [9.17, 15) is 9.59 Å². The second-order valence-corrected chi connectivity index (χ2v) is 5.09. The van der Waals surface area contributed by atoms with Gasteiger partial charge in [0.1, 0.15) is 0 Å². The van der Waals surface area contributed by atoms with Gasteiger partial charge in [0.2, 0.25) is 0 Å². The molecular formula is C15H18N4O3. The Hall–Kier alpha value is -2.70. The first kappa shape index (κ1) is 15.7. The van der Waals surface area contributed by atoms with Crippen LogP contribution in [0.5, 0.6) is 0 Å². The molecule has 1 aromatic heterocycles. The van der Waals surface area contributed by atoms with Crippen molar-refractivity contribution < 1.29 is 14.7 Å². The average Bonchev–Trinajstić information content (AvgIpc) is 2.95. The molecule has 0 aliphatic heterocycles. The van der Waals surface area contributed by atoms with Crippen LogP contribution >= 0.6 is 0 Å². The maximum Gasteiger partial charge on any atom is 0.303 e. The summed E-state index contributed by atoms with van der Waals surface area (Å²) in [6.45, 7) is 2.30. The third-order valence-electron chi connectivity index (χ3n) is 3.13. The number of nitrogens with one attached hydrogen (secondary N) is 1. The summed E-state index contributed by atoms with van der Waals surface area (Å²) in [5, 5.41) is 19.1. The van der Waals surface area contributed by atoms with Crippen molar-refractivity contribution in [3.8, 4) is 0 Å². The summed E-state index contributed by atoms with van der Waals surface area (Å²) in [5.41, 5.74) is 1.28. The molecule has 0 spiro atoms. The number of carbonyl (C=O) groups is 2. The molecule has 2 N–H and O–H groups in total. The highest BCUT2D eigenvalue weighted by Crippen LogP contribution is 2.03. The first-order valence-electron chi connectivity index (χ1n) is 7.01. The van der Waals surface area contributed by atoms with Crippen LogP contribution in [0, 0.1) is 0 Å². The third kappa shape index (κ3) is 4.69. The minimum atomic E-state index is -0.880. The molecule has 1 unspecified atom stereocenters. The number of rotatable bonds is 7. The van der Waals surface area contributed by atoms with Crippen molar-refractivity contribution in [3.63, 3.8) is 0 Å². The number of hydrogen-bond acceptors (Lipinski definition) is 4. The van der Waals surface area contributed by atoms with Gasteiger partial charge < -0.3 is 10.4 Å². The van der Waals surface area contributed by atoms with Gasteiger partial charge >= 0.3 is 5.97 Å². The molecule has 0 saturated carbocycles. The van der Waals surface area contributed by atoms with E-state index in [0.717, 1.165) is 5.56 Å². The second-order valence-electron chi connectivity index (χ2n) is 5.09. The number of carbonyl (C=O) groups excluding carboxylic acids is 1. The fourth-order valence-corrected chi connectivity index (χ4v) is 1.96. The van der Waals surface area contributed by atoms with Gasteiger partial charge in [-0.1, -0.05) is 35.5 Å². The number of amides is 1. The van der Waals surface area contributed by atoms with Gasteiger partial charge in [-0.05, 0) is 18.9 Å². The van der Waals surface area contributed by atoms with E-state index in [0.29, 0.717) is 13.0 Å². The summed E-state index contributed by atoms with van der Waals surface area (Å²) in [6, 6.07) is 9.50. The summed E-state index contributed by atoms with van der Waals surface area (Å²) < 4.78 is 1.59. The zero-order valence-electron chi connectivity index (χ0n) is 12.3. The lowest BCUT2D eigenvalue weighted by Crippen LogP contribution is -2.33. The van der Waals surface area contributed by atoms with Crippen LogP contribution in [0.2, 0.25) is 0 Å². The van der Waals surface area contributed by atoms with Crippen molar-refractivity contribution in [1.29, 1.82) is 0 Å². The molecule has 7 nitrogen and oxygen atoms in total. The van der Waals surface area contributed by atoms with Crippen LogP contribution in [0.15, 0.2) is 36.5 Å². The first-order valence-corrected chi connectivity index (χ1v) is 7.01. The Morgan fingerprint density at radius 3 is 2.73 bits per heavy atom. The highest BCUT2D eigenvalue weighted by Gasteiger charge is 2.14. The Kier molecular flexibility index (Phi) is 5.24. The van der Waals surface area contributed by atoms with E-state index < -0.39 is 5.97 Å². The van der Waals surface area contributed by atoms with Crippen molar-refractivity contribution in [2.45, 2.75) is 32.4 Å². The normalized spacial score (nSPS) is 11.9. The smallest absolute Gasteiger partial charge is 0.303 e. The lowest BCUT2D eigenvalue weighted by molar-refractivity contribution is -0.137. The number of nitrogens with zero attached hydrogens (tertiary/aromatic N) is 3. The topological polar surface area (TPSA) is 97.1 Å². The SMILES string of the molecule is CC(CCC(=O)O)NC(=O)c1cn(Cc2ccccc2)nn1. The molecule has 2 aromatic rings. The highest BCUT2D eigenvalue weighted by atomic mass is 16.4. The third-order valence-corrected chi connectivity index (χ3v) is 3.13. The number of carboxylic acid groups (broad SMARTS) is 1. The number of aromatic nitrogens is 3. The van der Waals surface area contributed by atoms with E-state index in [1.165, 1.54) is 0 Å². The molecule has 7 heteroatoms. The summed E-state index contributed by atoms with van der Waals surface area (Å²) in [6.07, 6.45) is 1.97. The molecule has 1 heterocycles. The lowest BCUT2D eigenvalue weighted by Gasteiger charge is -2.10. The number of aliphatic carboxylic acids is 1. The lowest BCUT2D eigenvalue weighted by atomic mass is 10.2. The summed E-state index contributed by atoms with van der Waals surface area (Å²) >= 11 is 0. The van der Waals surface area contributed by atoms with Gasteiger partial charge in [0.25, 0.3) is 5.91 Å². The Labute approximate surface area is 128 Å². The molecule has 0 radical (unpaired) electrons. The first-order chi connectivity index (χ1) is 10.5. The number of carboxylic acids is 1. The molecule has 0 aliphatic carbocycles. The average molecular weight is 302 g/mol. The van der Waals surface area contributed by atoms with Gasteiger partial charge in [0.15, 0.2) is 5.69 Å². The summed E-state index contributed by atoms with van der Waals surface area (Å²) in [4.78, 5) is 22.5. The molecule has 22 heavy (non-hydrogen) atoms. The molecule has 0 aliphatic rings. The van der Waals surface area contributed by atoms with E-state index in [1.54, 1.807) is 17.8 Å². The van der Waals surface area contributed by atoms with Crippen molar-refractivity contribution in [1.82, 2.24) is 20.3 Å². The van der Waals surface area contributed by atoms with Crippen LogP contribution in [0.3, 0.4) is 0 Å². The van der Waals surface area contributed by atoms with Crippen molar-refractivity contribution in [2.75, 3.05) is 0 Å². The van der Waals surface area contributed by atoms with Crippen molar-refractivity contribution >= 4 is 11.9 Å². The fraction of sp³-hybridized carbons (Fsp3) is 0.333. The maximum absolute atomic E-state index is 12.0. The molecule has 0 saturated heterocycles. The zero-order chi connectivity index (χ0) is 15.9. The van der Waals surface area contributed by atoms with Crippen LogP contribution < -0.4 is 5.32 Å². The molecular weight excluding hydrogens is 284 g/mol. The van der Waals surface area contributed by atoms with Crippen LogP contribution in [0.1, 0.15) is 35.8 Å². The molecule has 116 valence electrons. The van der Waals surface area contributed by atoms with Crippen LogP contribution in [-0.4, -0.2) is 38.0 Å².